The number of nitrogens with zero attached hydrogens (tertiary/aromatic N) is 1. The van der Waals surface area contributed by atoms with Crippen LogP contribution in [0.15, 0.2) is 11.3 Å². The third-order valence-electron chi connectivity index (χ3n) is 2.38. The zero-order valence-electron chi connectivity index (χ0n) is 9.49. The highest BCUT2D eigenvalue weighted by molar-refractivity contribution is 9.09. The van der Waals surface area contributed by atoms with Crippen LogP contribution in [0.3, 0.4) is 0 Å². The number of alkyl halides is 1. The monoisotopic (exact) mass is 304 g/mol. The Balaban J connectivity index is 2.80. The third-order valence-corrected chi connectivity index (χ3v) is 3.23. The largest absolute Gasteiger partial charge is 0.477 e. The predicted octanol–water partition coefficient (Wildman–Crippen LogP) is 0.0868. The summed E-state index contributed by atoms with van der Waals surface area (Å²) in [6, 6.07) is -0.607. The van der Waals surface area contributed by atoms with Crippen LogP contribution in [0.4, 0.5) is 0 Å². The molecule has 0 aromatic heterocycles. The molecule has 1 aliphatic rings. The number of carboxylic acid groups (broad SMARTS) is 1. The molecule has 17 heavy (non-hydrogen) atoms. The highest BCUT2D eigenvalue weighted by Gasteiger charge is 2.41. The molecule has 1 saturated heterocycles. The summed E-state index contributed by atoms with van der Waals surface area (Å²) in [4.78, 5) is 34.7. The summed E-state index contributed by atoms with van der Waals surface area (Å²) in [7, 11) is 0. The molecule has 1 aliphatic heterocycles. The standard InChI is InChI=1S/C10H13BrN2O4/c1-5(3-11)8(10(16)17)13-4-7(9(13)15)12-6(2)14/h7H,3-4H2,1-2H3,(H,12,14)(H,16,17). The fourth-order valence-corrected chi connectivity index (χ4v) is 1.84. The number of rotatable bonds is 4. The van der Waals surface area contributed by atoms with Gasteiger partial charge in [-0.25, -0.2) is 4.79 Å². The molecule has 0 spiro atoms. The van der Waals surface area contributed by atoms with E-state index in [1.165, 1.54) is 11.8 Å². The van der Waals surface area contributed by atoms with Gasteiger partial charge in [0.05, 0.1) is 6.54 Å². The number of β-lactam (4-membered cyclic amide) rings is 1. The van der Waals surface area contributed by atoms with Crippen molar-refractivity contribution in [3.8, 4) is 0 Å². The van der Waals surface area contributed by atoms with Crippen molar-refractivity contribution in [2.24, 2.45) is 0 Å². The molecule has 0 bridgehead atoms. The van der Waals surface area contributed by atoms with Crippen LogP contribution in [0.5, 0.6) is 0 Å². The number of allylic oxidation sites excluding steroid dienone is 1. The molecule has 0 aromatic rings. The van der Waals surface area contributed by atoms with E-state index in [9.17, 15) is 14.4 Å². The molecule has 1 heterocycles. The smallest absolute Gasteiger partial charge is 0.352 e. The molecule has 2 amide bonds. The minimum absolute atomic E-state index is 0.0199. The Bertz CT molecular complexity index is 405. The molecule has 7 heteroatoms. The van der Waals surface area contributed by atoms with Crippen molar-refractivity contribution in [1.82, 2.24) is 10.2 Å². The number of likely N-dealkylation sites (tertiary alicyclic amines) is 1. The number of hydrogen-bond donors (Lipinski definition) is 2. The van der Waals surface area contributed by atoms with Gasteiger partial charge in [-0.15, -0.1) is 0 Å². The maximum Gasteiger partial charge on any atom is 0.352 e. The van der Waals surface area contributed by atoms with Gasteiger partial charge in [0, 0.05) is 12.3 Å². The van der Waals surface area contributed by atoms with E-state index in [-0.39, 0.29) is 18.1 Å². The van der Waals surface area contributed by atoms with Crippen molar-refractivity contribution in [1.29, 1.82) is 0 Å². The van der Waals surface area contributed by atoms with Gasteiger partial charge in [-0.2, -0.15) is 0 Å². The lowest BCUT2D eigenvalue weighted by Crippen LogP contribution is -2.63. The SMILES string of the molecule is CC(=O)NC1CN(C(C(=O)O)=C(C)CBr)C1=O. The lowest BCUT2D eigenvalue weighted by atomic mass is 10.0. The highest BCUT2D eigenvalue weighted by Crippen LogP contribution is 2.21. The van der Waals surface area contributed by atoms with Crippen molar-refractivity contribution < 1.29 is 19.5 Å². The Labute approximate surface area is 107 Å². The average Bonchev–Trinajstić information content (AvgIpc) is 2.25. The molecular formula is C10H13BrN2O4. The van der Waals surface area contributed by atoms with Gasteiger partial charge in [-0.3, -0.25) is 9.59 Å². The van der Waals surface area contributed by atoms with E-state index in [0.717, 1.165) is 0 Å². The van der Waals surface area contributed by atoms with Gasteiger partial charge in [-0.05, 0) is 12.5 Å². The molecule has 1 atom stereocenters. The molecular weight excluding hydrogens is 292 g/mol. The summed E-state index contributed by atoms with van der Waals surface area (Å²) in [5.74, 6) is -1.84. The zero-order chi connectivity index (χ0) is 13.2. The number of amides is 2. The molecule has 94 valence electrons. The first-order valence-corrected chi connectivity index (χ1v) is 6.08. The molecule has 2 N–H and O–H groups in total. The summed E-state index contributed by atoms with van der Waals surface area (Å²) in [6.45, 7) is 3.15. The van der Waals surface area contributed by atoms with Gasteiger partial charge in [0.2, 0.25) is 5.91 Å². The fraction of sp³-hybridized carbons (Fsp3) is 0.500. The first kappa shape index (κ1) is 13.7. The molecule has 6 nitrogen and oxygen atoms in total. The van der Waals surface area contributed by atoms with E-state index in [4.69, 9.17) is 5.11 Å². The van der Waals surface area contributed by atoms with Gasteiger partial charge in [-0.1, -0.05) is 15.9 Å². The summed E-state index contributed by atoms with van der Waals surface area (Å²) in [5.41, 5.74) is 0.542. The molecule has 0 aliphatic carbocycles. The number of carbonyl (C=O) groups is 3. The predicted molar refractivity (Wildman–Crippen MR) is 63.4 cm³/mol. The van der Waals surface area contributed by atoms with Gasteiger partial charge in [0.25, 0.3) is 5.91 Å². The minimum atomic E-state index is -1.14. The summed E-state index contributed by atoms with van der Waals surface area (Å²) < 4.78 is 0. The highest BCUT2D eigenvalue weighted by atomic mass is 79.9. The normalized spacial score (nSPS) is 20.5. The Morgan fingerprint density at radius 3 is 2.47 bits per heavy atom. The second-order valence-electron chi connectivity index (χ2n) is 3.77. The van der Waals surface area contributed by atoms with E-state index >= 15 is 0 Å². The van der Waals surface area contributed by atoms with Crippen molar-refractivity contribution in [3.63, 3.8) is 0 Å². The Kier molecular flexibility index (Phi) is 4.28. The molecule has 1 rings (SSSR count). The fourth-order valence-electron chi connectivity index (χ4n) is 1.57. The number of hydrogen-bond acceptors (Lipinski definition) is 3. The maximum absolute atomic E-state index is 11.7. The van der Waals surface area contributed by atoms with Crippen LogP contribution in [-0.2, 0) is 14.4 Å². The van der Waals surface area contributed by atoms with E-state index in [2.05, 4.69) is 21.2 Å². The average molecular weight is 305 g/mol. The second kappa shape index (κ2) is 5.31. The van der Waals surface area contributed by atoms with Crippen LogP contribution in [0, 0.1) is 0 Å². The van der Waals surface area contributed by atoms with Crippen LogP contribution in [0.25, 0.3) is 0 Å². The number of carboxylic acids is 1. The van der Waals surface area contributed by atoms with Crippen molar-refractivity contribution in [3.05, 3.63) is 11.3 Å². The zero-order valence-corrected chi connectivity index (χ0v) is 11.1. The lowest BCUT2D eigenvalue weighted by Gasteiger charge is -2.39. The van der Waals surface area contributed by atoms with E-state index in [1.54, 1.807) is 6.92 Å². The molecule has 0 aromatic carbocycles. The van der Waals surface area contributed by atoms with Gasteiger partial charge >= 0.3 is 5.97 Å². The van der Waals surface area contributed by atoms with E-state index in [1.807, 2.05) is 0 Å². The van der Waals surface area contributed by atoms with E-state index < -0.39 is 17.9 Å². The summed E-state index contributed by atoms with van der Waals surface area (Å²) in [6.07, 6.45) is 0. The molecule has 0 saturated carbocycles. The summed E-state index contributed by atoms with van der Waals surface area (Å²) >= 11 is 3.15. The molecule has 1 fully saturated rings. The van der Waals surface area contributed by atoms with Gasteiger partial charge < -0.3 is 15.3 Å². The lowest BCUT2D eigenvalue weighted by molar-refractivity contribution is -0.148. The van der Waals surface area contributed by atoms with Crippen molar-refractivity contribution in [2.45, 2.75) is 19.9 Å². The van der Waals surface area contributed by atoms with Crippen LogP contribution in [-0.4, -0.2) is 45.7 Å². The number of halogens is 1. The van der Waals surface area contributed by atoms with Gasteiger partial charge in [0.1, 0.15) is 11.7 Å². The first-order chi connectivity index (χ1) is 7.88. The van der Waals surface area contributed by atoms with Crippen LogP contribution in [0.1, 0.15) is 13.8 Å². The van der Waals surface area contributed by atoms with Gasteiger partial charge in [0.15, 0.2) is 0 Å². The second-order valence-corrected chi connectivity index (χ2v) is 4.33. The third kappa shape index (κ3) is 2.85. The Morgan fingerprint density at radius 1 is 1.53 bits per heavy atom. The molecule has 1 unspecified atom stereocenters. The number of aliphatic carboxylic acids is 1. The molecule has 0 radical (unpaired) electrons. The number of carbonyl (C=O) groups excluding carboxylic acids is 2. The quantitative estimate of drug-likeness (QED) is 0.438. The minimum Gasteiger partial charge on any atom is -0.477 e. The van der Waals surface area contributed by atoms with Crippen LogP contribution >= 0.6 is 15.9 Å². The summed E-state index contributed by atoms with van der Waals surface area (Å²) in [5, 5.41) is 11.9. The van der Waals surface area contributed by atoms with Crippen molar-refractivity contribution >= 4 is 33.7 Å². The van der Waals surface area contributed by atoms with Crippen molar-refractivity contribution in [2.75, 3.05) is 11.9 Å². The van der Waals surface area contributed by atoms with Crippen LogP contribution < -0.4 is 5.32 Å². The Hall–Kier alpha value is -1.37. The van der Waals surface area contributed by atoms with E-state index in [0.29, 0.717) is 10.9 Å². The van der Waals surface area contributed by atoms with Crippen LogP contribution in [0.2, 0.25) is 0 Å². The number of nitrogens with one attached hydrogen (secondary N) is 1. The Morgan fingerprint density at radius 2 is 2.12 bits per heavy atom. The first-order valence-electron chi connectivity index (χ1n) is 4.96. The maximum atomic E-state index is 11.7. The topological polar surface area (TPSA) is 86.7 Å².